The SMILES string of the molecule is CN=C(NCCC(=O)N1CCN(c2ccc(F)cc2)CC1)NCCc1nc(C)c(C)s1. The van der Waals surface area contributed by atoms with Gasteiger partial charge in [0.1, 0.15) is 5.82 Å². The summed E-state index contributed by atoms with van der Waals surface area (Å²) in [6.07, 6.45) is 1.26. The van der Waals surface area contributed by atoms with Crippen LogP contribution in [0.4, 0.5) is 10.1 Å². The van der Waals surface area contributed by atoms with E-state index in [0.717, 1.165) is 42.4 Å². The van der Waals surface area contributed by atoms with Crippen molar-refractivity contribution in [2.24, 2.45) is 4.99 Å². The number of piperazine rings is 1. The highest BCUT2D eigenvalue weighted by molar-refractivity contribution is 7.11. The second-order valence-electron chi connectivity index (χ2n) is 7.52. The third-order valence-electron chi connectivity index (χ3n) is 5.38. The summed E-state index contributed by atoms with van der Waals surface area (Å²) in [5.41, 5.74) is 2.09. The third kappa shape index (κ3) is 6.65. The standard InChI is InChI=1S/C22H31FN6OS/c1-16-17(2)31-20(27-16)8-10-25-22(24-3)26-11-9-21(30)29-14-12-28(13-15-29)19-6-4-18(23)5-7-19/h4-7H,8-15H2,1-3H3,(H2,24,25,26). The minimum Gasteiger partial charge on any atom is -0.368 e. The molecule has 0 radical (unpaired) electrons. The molecule has 9 heteroatoms. The molecule has 1 aromatic carbocycles. The molecule has 0 atom stereocenters. The number of rotatable bonds is 7. The molecular weight excluding hydrogens is 415 g/mol. The third-order valence-corrected chi connectivity index (χ3v) is 6.52. The Bertz CT molecular complexity index is 870. The highest BCUT2D eigenvalue weighted by Crippen LogP contribution is 2.17. The van der Waals surface area contributed by atoms with E-state index in [1.165, 1.54) is 17.0 Å². The van der Waals surface area contributed by atoms with E-state index in [-0.39, 0.29) is 11.7 Å². The first-order valence-corrected chi connectivity index (χ1v) is 11.4. The van der Waals surface area contributed by atoms with Crippen molar-refractivity contribution in [3.8, 4) is 0 Å². The van der Waals surface area contributed by atoms with Crippen LogP contribution in [0.2, 0.25) is 0 Å². The Morgan fingerprint density at radius 2 is 1.81 bits per heavy atom. The molecule has 1 saturated heterocycles. The van der Waals surface area contributed by atoms with Gasteiger partial charge in [-0.3, -0.25) is 9.79 Å². The molecule has 0 aliphatic carbocycles. The minimum atomic E-state index is -0.233. The first-order valence-electron chi connectivity index (χ1n) is 10.6. The summed E-state index contributed by atoms with van der Waals surface area (Å²) in [5.74, 6) is 0.595. The van der Waals surface area contributed by atoms with E-state index < -0.39 is 0 Å². The predicted octanol–water partition coefficient (Wildman–Crippen LogP) is 2.35. The van der Waals surface area contributed by atoms with E-state index in [9.17, 15) is 9.18 Å². The van der Waals surface area contributed by atoms with Gasteiger partial charge in [-0.15, -0.1) is 11.3 Å². The molecule has 7 nitrogen and oxygen atoms in total. The molecule has 1 aliphatic heterocycles. The summed E-state index contributed by atoms with van der Waals surface area (Å²) in [4.78, 5) is 26.6. The zero-order valence-corrected chi connectivity index (χ0v) is 19.3. The monoisotopic (exact) mass is 446 g/mol. The van der Waals surface area contributed by atoms with Gasteiger partial charge in [0.15, 0.2) is 5.96 Å². The zero-order chi connectivity index (χ0) is 22.2. The average molecular weight is 447 g/mol. The van der Waals surface area contributed by atoms with Gasteiger partial charge in [-0.05, 0) is 38.1 Å². The Balaban J connectivity index is 1.34. The highest BCUT2D eigenvalue weighted by Gasteiger charge is 2.21. The number of thiazole rings is 1. The van der Waals surface area contributed by atoms with Crippen LogP contribution >= 0.6 is 11.3 Å². The molecule has 31 heavy (non-hydrogen) atoms. The molecule has 1 aromatic heterocycles. The van der Waals surface area contributed by atoms with Crippen molar-refractivity contribution in [2.75, 3.05) is 51.2 Å². The van der Waals surface area contributed by atoms with E-state index in [1.807, 2.05) is 11.8 Å². The molecule has 2 N–H and O–H groups in total. The van der Waals surface area contributed by atoms with Crippen LogP contribution in [0.5, 0.6) is 0 Å². The molecule has 0 unspecified atom stereocenters. The van der Waals surface area contributed by atoms with Crippen molar-refractivity contribution < 1.29 is 9.18 Å². The fraction of sp³-hybridized carbons (Fsp3) is 0.500. The molecule has 1 fully saturated rings. The van der Waals surface area contributed by atoms with Crippen LogP contribution in [0.15, 0.2) is 29.3 Å². The number of aromatic nitrogens is 1. The minimum absolute atomic E-state index is 0.135. The number of aryl methyl sites for hydroxylation is 2. The Morgan fingerprint density at radius 3 is 2.42 bits per heavy atom. The zero-order valence-electron chi connectivity index (χ0n) is 18.4. The number of anilines is 1. The average Bonchev–Trinajstić information content (AvgIpc) is 3.10. The maximum Gasteiger partial charge on any atom is 0.224 e. The van der Waals surface area contributed by atoms with Gasteiger partial charge in [0.25, 0.3) is 0 Å². The molecule has 3 rings (SSSR count). The maximum absolute atomic E-state index is 13.1. The maximum atomic E-state index is 13.1. The Morgan fingerprint density at radius 1 is 1.13 bits per heavy atom. The molecule has 1 amide bonds. The van der Waals surface area contributed by atoms with E-state index >= 15 is 0 Å². The van der Waals surface area contributed by atoms with Gasteiger partial charge in [0.2, 0.25) is 5.91 Å². The van der Waals surface area contributed by atoms with E-state index in [1.54, 1.807) is 30.5 Å². The second kappa shape index (κ2) is 11.1. The van der Waals surface area contributed by atoms with Gasteiger partial charge in [-0.2, -0.15) is 0 Å². The van der Waals surface area contributed by atoms with Crippen molar-refractivity contribution in [1.29, 1.82) is 0 Å². The summed E-state index contributed by atoms with van der Waals surface area (Å²) in [5, 5.41) is 7.60. The van der Waals surface area contributed by atoms with Gasteiger partial charge in [-0.25, -0.2) is 9.37 Å². The Hall–Kier alpha value is -2.68. The summed E-state index contributed by atoms with van der Waals surface area (Å²) < 4.78 is 13.1. The van der Waals surface area contributed by atoms with Crippen LogP contribution in [0.1, 0.15) is 22.0 Å². The number of hydrogen-bond acceptors (Lipinski definition) is 5. The number of aliphatic imine (C=N–C) groups is 1. The van der Waals surface area contributed by atoms with Crippen molar-refractivity contribution >= 4 is 28.9 Å². The Labute approximate surface area is 187 Å². The summed E-state index contributed by atoms with van der Waals surface area (Å²) in [7, 11) is 1.73. The van der Waals surface area contributed by atoms with Crippen LogP contribution < -0.4 is 15.5 Å². The molecule has 2 heterocycles. The van der Waals surface area contributed by atoms with Crippen LogP contribution in [0.3, 0.4) is 0 Å². The van der Waals surface area contributed by atoms with Crippen molar-refractivity contribution in [2.45, 2.75) is 26.7 Å². The van der Waals surface area contributed by atoms with Crippen LogP contribution in [-0.4, -0.2) is 68.1 Å². The van der Waals surface area contributed by atoms with Crippen LogP contribution in [-0.2, 0) is 11.2 Å². The van der Waals surface area contributed by atoms with E-state index in [4.69, 9.17) is 0 Å². The number of hydrogen-bond donors (Lipinski definition) is 2. The van der Waals surface area contributed by atoms with Gasteiger partial charge in [0.05, 0.1) is 10.7 Å². The number of benzene rings is 1. The molecule has 0 saturated carbocycles. The lowest BCUT2D eigenvalue weighted by Gasteiger charge is -2.36. The van der Waals surface area contributed by atoms with Gasteiger partial charge in [-0.1, -0.05) is 0 Å². The quantitative estimate of drug-likeness (QED) is 0.505. The smallest absolute Gasteiger partial charge is 0.224 e. The van der Waals surface area contributed by atoms with Gasteiger partial charge < -0.3 is 20.4 Å². The largest absolute Gasteiger partial charge is 0.368 e. The fourth-order valence-electron chi connectivity index (χ4n) is 3.47. The van der Waals surface area contributed by atoms with Gasteiger partial charge in [0, 0.05) is 69.7 Å². The number of carbonyl (C=O) groups excluding carboxylic acids is 1. The number of halogens is 1. The lowest BCUT2D eigenvalue weighted by atomic mass is 10.2. The lowest BCUT2D eigenvalue weighted by Crippen LogP contribution is -2.49. The predicted molar refractivity (Wildman–Crippen MR) is 124 cm³/mol. The van der Waals surface area contributed by atoms with E-state index in [2.05, 4.69) is 32.4 Å². The normalized spacial score (nSPS) is 14.6. The summed E-state index contributed by atoms with van der Waals surface area (Å²) in [6, 6.07) is 6.51. The fourth-order valence-corrected chi connectivity index (χ4v) is 4.40. The first-order chi connectivity index (χ1) is 15.0. The molecule has 2 aromatic rings. The second-order valence-corrected chi connectivity index (χ2v) is 8.81. The molecule has 0 spiro atoms. The molecular formula is C22H31FN6OS. The number of nitrogens with zero attached hydrogens (tertiary/aromatic N) is 4. The number of carbonyl (C=O) groups is 1. The van der Waals surface area contributed by atoms with Gasteiger partial charge >= 0.3 is 0 Å². The summed E-state index contributed by atoms with van der Waals surface area (Å²) in [6.45, 7) is 8.25. The van der Waals surface area contributed by atoms with Crippen molar-refractivity contribution in [3.63, 3.8) is 0 Å². The molecule has 0 bridgehead atoms. The van der Waals surface area contributed by atoms with E-state index in [0.29, 0.717) is 32.0 Å². The number of guanidine groups is 1. The van der Waals surface area contributed by atoms with Crippen molar-refractivity contribution in [1.82, 2.24) is 20.5 Å². The highest BCUT2D eigenvalue weighted by atomic mass is 32.1. The summed E-state index contributed by atoms with van der Waals surface area (Å²) >= 11 is 1.73. The first kappa shape index (κ1) is 23.0. The molecule has 168 valence electrons. The number of nitrogens with one attached hydrogen (secondary N) is 2. The lowest BCUT2D eigenvalue weighted by molar-refractivity contribution is -0.131. The van der Waals surface area contributed by atoms with Crippen LogP contribution in [0.25, 0.3) is 0 Å². The van der Waals surface area contributed by atoms with Crippen molar-refractivity contribution in [3.05, 3.63) is 45.7 Å². The molecule has 1 aliphatic rings. The topological polar surface area (TPSA) is 72.9 Å². The van der Waals surface area contributed by atoms with Crippen LogP contribution in [0, 0.1) is 19.7 Å². The number of amides is 1. The Kier molecular flexibility index (Phi) is 8.22.